The van der Waals surface area contributed by atoms with Crippen LogP contribution in [-0.2, 0) is 11.2 Å². The number of benzene rings is 1. The van der Waals surface area contributed by atoms with Crippen molar-refractivity contribution in [2.45, 2.75) is 26.2 Å². The molecule has 0 bridgehead atoms. The summed E-state index contributed by atoms with van der Waals surface area (Å²) in [4.78, 5) is 13.5. The second-order valence-corrected chi connectivity index (χ2v) is 6.05. The van der Waals surface area contributed by atoms with Crippen LogP contribution in [0.5, 0.6) is 5.75 Å². The Labute approximate surface area is 126 Å². The van der Waals surface area contributed by atoms with Crippen LogP contribution < -0.4 is 4.74 Å². The molecule has 2 rings (SSSR count). The van der Waals surface area contributed by atoms with Gasteiger partial charge in [0.25, 0.3) is 0 Å². The van der Waals surface area contributed by atoms with Gasteiger partial charge in [-0.25, -0.2) is 0 Å². The monoisotopic (exact) mass is 291 g/mol. The third kappa shape index (κ3) is 4.46. The molecule has 1 saturated heterocycles. The van der Waals surface area contributed by atoms with Crippen LogP contribution in [0.2, 0.25) is 0 Å². The number of likely N-dealkylation sites (tertiary alicyclic amines) is 1. The molecule has 116 valence electrons. The lowest BCUT2D eigenvalue weighted by Crippen LogP contribution is -2.42. The first-order valence-corrected chi connectivity index (χ1v) is 7.67. The molecule has 1 aliphatic heterocycles. The molecule has 0 aromatic heterocycles. The molecule has 1 heterocycles. The van der Waals surface area contributed by atoms with E-state index in [4.69, 9.17) is 4.74 Å². The maximum absolute atomic E-state index is 11.2. The third-order valence-corrected chi connectivity index (χ3v) is 4.20. The zero-order chi connectivity index (χ0) is 15.2. The van der Waals surface area contributed by atoms with E-state index in [1.807, 2.05) is 18.2 Å². The highest BCUT2D eigenvalue weighted by Gasteiger charge is 2.28. The van der Waals surface area contributed by atoms with Crippen LogP contribution in [0.25, 0.3) is 0 Å². The molecule has 21 heavy (non-hydrogen) atoms. The number of carbonyl (C=O) groups is 1. The van der Waals surface area contributed by atoms with Crippen molar-refractivity contribution in [3.05, 3.63) is 29.8 Å². The highest BCUT2D eigenvalue weighted by molar-refractivity contribution is 5.70. The summed E-state index contributed by atoms with van der Waals surface area (Å²) in [6.07, 6.45) is 2.80. The first kappa shape index (κ1) is 15.8. The molecule has 0 amide bonds. The summed E-state index contributed by atoms with van der Waals surface area (Å²) in [5.41, 5.74) is 1.22. The number of ether oxygens (including phenoxy) is 1. The number of para-hydroxylation sites is 1. The van der Waals surface area contributed by atoms with E-state index in [1.54, 1.807) is 7.11 Å². The molecular weight excluding hydrogens is 266 g/mol. The van der Waals surface area contributed by atoms with Crippen molar-refractivity contribution in [1.82, 2.24) is 4.90 Å². The van der Waals surface area contributed by atoms with Crippen molar-refractivity contribution in [3.8, 4) is 5.75 Å². The predicted molar refractivity (Wildman–Crippen MR) is 82.7 cm³/mol. The number of hydrogen-bond donors (Lipinski definition) is 1. The number of aryl methyl sites for hydroxylation is 1. The van der Waals surface area contributed by atoms with E-state index in [9.17, 15) is 9.90 Å². The van der Waals surface area contributed by atoms with Gasteiger partial charge in [-0.15, -0.1) is 0 Å². The Morgan fingerprint density at radius 1 is 1.38 bits per heavy atom. The molecule has 1 N–H and O–H groups in total. The molecular formula is C17H25NO3. The van der Waals surface area contributed by atoms with Gasteiger partial charge in [0.2, 0.25) is 0 Å². The van der Waals surface area contributed by atoms with Crippen LogP contribution in [-0.4, -0.2) is 42.7 Å². The van der Waals surface area contributed by atoms with E-state index in [2.05, 4.69) is 17.9 Å². The number of hydrogen-bond acceptors (Lipinski definition) is 3. The van der Waals surface area contributed by atoms with Crippen molar-refractivity contribution in [2.24, 2.45) is 11.8 Å². The molecule has 0 aliphatic carbocycles. The normalized spacial score (nSPS) is 23.0. The third-order valence-electron chi connectivity index (χ3n) is 4.20. The average molecular weight is 291 g/mol. The minimum atomic E-state index is -0.656. The largest absolute Gasteiger partial charge is 0.496 e. The molecule has 1 aliphatic rings. The maximum Gasteiger partial charge on any atom is 0.307 e. The molecule has 2 atom stereocenters. The Hall–Kier alpha value is -1.55. The van der Waals surface area contributed by atoms with Crippen molar-refractivity contribution in [2.75, 3.05) is 26.7 Å². The summed E-state index contributed by atoms with van der Waals surface area (Å²) in [6.45, 7) is 4.79. The Bertz CT molecular complexity index is 475. The zero-order valence-electron chi connectivity index (χ0n) is 12.9. The molecule has 1 fully saturated rings. The van der Waals surface area contributed by atoms with Crippen molar-refractivity contribution in [3.63, 3.8) is 0 Å². The first-order chi connectivity index (χ1) is 10.1. The van der Waals surface area contributed by atoms with E-state index in [-0.39, 0.29) is 5.92 Å². The Kier molecular flexibility index (Phi) is 5.62. The minimum Gasteiger partial charge on any atom is -0.496 e. The highest BCUT2D eigenvalue weighted by atomic mass is 16.5. The van der Waals surface area contributed by atoms with Gasteiger partial charge in [0, 0.05) is 13.1 Å². The average Bonchev–Trinajstić information content (AvgIpc) is 2.47. The fourth-order valence-corrected chi connectivity index (χ4v) is 3.23. The van der Waals surface area contributed by atoms with Crippen molar-refractivity contribution < 1.29 is 14.6 Å². The van der Waals surface area contributed by atoms with Gasteiger partial charge in [-0.1, -0.05) is 25.1 Å². The Morgan fingerprint density at radius 3 is 2.86 bits per heavy atom. The summed E-state index contributed by atoms with van der Waals surface area (Å²) in [5, 5.41) is 9.20. The number of nitrogens with zero attached hydrogens (tertiary/aromatic N) is 1. The Morgan fingerprint density at radius 2 is 2.14 bits per heavy atom. The summed E-state index contributed by atoms with van der Waals surface area (Å²) in [6, 6.07) is 8.09. The van der Waals surface area contributed by atoms with Gasteiger partial charge in [0.05, 0.1) is 13.0 Å². The van der Waals surface area contributed by atoms with Crippen LogP contribution in [0.15, 0.2) is 24.3 Å². The molecule has 1 aromatic carbocycles. The molecule has 4 nitrogen and oxygen atoms in total. The standard InChI is InChI=1S/C17H25NO3/c1-13-10-15(17(19)20)12-18(11-13)9-5-7-14-6-3-4-8-16(14)21-2/h3-4,6,8,13,15H,5,7,9-12H2,1-2H3,(H,19,20). The topological polar surface area (TPSA) is 49.8 Å². The quantitative estimate of drug-likeness (QED) is 0.875. The lowest BCUT2D eigenvalue weighted by Gasteiger charge is -2.34. The molecule has 0 saturated carbocycles. The highest BCUT2D eigenvalue weighted by Crippen LogP contribution is 2.23. The molecule has 4 heteroatoms. The smallest absolute Gasteiger partial charge is 0.307 e. The lowest BCUT2D eigenvalue weighted by atomic mass is 9.90. The fraction of sp³-hybridized carbons (Fsp3) is 0.588. The minimum absolute atomic E-state index is 0.208. The number of rotatable bonds is 6. The van der Waals surface area contributed by atoms with Crippen LogP contribution in [0.4, 0.5) is 0 Å². The predicted octanol–water partition coefficient (Wildman–Crippen LogP) is 2.67. The van der Waals surface area contributed by atoms with Crippen LogP contribution >= 0.6 is 0 Å². The van der Waals surface area contributed by atoms with Crippen LogP contribution in [0.1, 0.15) is 25.3 Å². The molecule has 0 spiro atoms. The number of aliphatic carboxylic acids is 1. The van der Waals surface area contributed by atoms with Crippen molar-refractivity contribution >= 4 is 5.97 Å². The molecule has 2 unspecified atom stereocenters. The van der Waals surface area contributed by atoms with Crippen LogP contribution in [0.3, 0.4) is 0 Å². The van der Waals surface area contributed by atoms with E-state index < -0.39 is 5.97 Å². The lowest BCUT2D eigenvalue weighted by molar-refractivity contribution is -0.144. The summed E-state index contributed by atoms with van der Waals surface area (Å²) in [5.74, 6) is 0.537. The summed E-state index contributed by atoms with van der Waals surface area (Å²) in [7, 11) is 1.70. The Balaban J connectivity index is 1.84. The van der Waals surface area contributed by atoms with E-state index in [0.717, 1.165) is 38.1 Å². The second-order valence-electron chi connectivity index (χ2n) is 6.05. The fourth-order valence-electron chi connectivity index (χ4n) is 3.23. The van der Waals surface area contributed by atoms with E-state index in [0.29, 0.717) is 12.5 Å². The van der Waals surface area contributed by atoms with Gasteiger partial charge in [0.15, 0.2) is 0 Å². The van der Waals surface area contributed by atoms with Gasteiger partial charge in [0.1, 0.15) is 5.75 Å². The van der Waals surface area contributed by atoms with Gasteiger partial charge in [-0.3, -0.25) is 4.79 Å². The maximum atomic E-state index is 11.2. The number of methoxy groups -OCH3 is 1. The first-order valence-electron chi connectivity index (χ1n) is 7.67. The number of carboxylic acids is 1. The molecule has 1 aromatic rings. The van der Waals surface area contributed by atoms with Gasteiger partial charge >= 0.3 is 5.97 Å². The molecule has 0 radical (unpaired) electrons. The summed E-state index contributed by atoms with van der Waals surface area (Å²) < 4.78 is 5.36. The number of carboxylic acid groups (broad SMARTS) is 1. The summed E-state index contributed by atoms with van der Waals surface area (Å²) >= 11 is 0. The van der Waals surface area contributed by atoms with Crippen molar-refractivity contribution in [1.29, 1.82) is 0 Å². The SMILES string of the molecule is COc1ccccc1CCCN1CC(C)CC(C(=O)O)C1. The van der Waals surface area contributed by atoms with E-state index in [1.165, 1.54) is 5.56 Å². The van der Waals surface area contributed by atoms with Gasteiger partial charge < -0.3 is 14.7 Å². The van der Waals surface area contributed by atoms with Gasteiger partial charge in [-0.2, -0.15) is 0 Å². The van der Waals surface area contributed by atoms with E-state index >= 15 is 0 Å². The zero-order valence-corrected chi connectivity index (χ0v) is 12.9. The number of piperidine rings is 1. The van der Waals surface area contributed by atoms with Crippen LogP contribution in [0, 0.1) is 11.8 Å². The second kappa shape index (κ2) is 7.46. The van der Waals surface area contributed by atoms with Gasteiger partial charge in [-0.05, 0) is 43.4 Å².